The van der Waals surface area contributed by atoms with Crippen molar-refractivity contribution in [3.05, 3.63) is 76.6 Å². The van der Waals surface area contributed by atoms with Crippen LogP contribution >= 0.6 is 11.6 Å². The van der Waals surface area contributed by atoms with Crippen molar-refractivity contribution in [2.45, 2.75) is 32.0 Å². The third-order valence-electron chi connectivity index (χ3n) is 5.95. The number of benzene rings is 2. The second kappa shape index (κ2) is 11.6. The van der Waals surface area contributed by atoms with Crippen molar-refractivity contribution in [2.24, 2.45) is 0 Å². The molecule has 1 aliphatic rings. The van der Waals surface area contributed by atoms with Gasteiger partial charge in [-0.25, -0.2) is 0 Å². The summed E-state index contributed by atoms with van der Waals surface area (Å²) >= 11 is 5.97. The van der Waals surface area contributed by atoms with Crippen LogP contribution < -0.4 is 5.32 Å². The van der Waals surface area contributed by atoms with Gasteiger partial charge in [0.15, 0.2) is 0 Å². The molecule has 4 rings (SSSR count). The molecule has 0 spiro atoms. The van der Waals surface area contributed by atoms with Gasteiger partial charge in [0.2, 0.25) is 0 Å². The first-order valence-electron chi connectivity index (χ1n) is 11.3. The average molecular weight is 468 g/mol. The Morgan fingerprint density at radius 3 is 2.58 bits per heavy atom. The van der Waals surface area contributed by atoms with Gasteiger partial charge in [-0.1, -0.05) is 35.9 Å². The summed E-state index contributed by atoms with van der Waals surface area (Å²) < 4.78 is 10.7. The van der Waals surface area contributed by atoms with Crippen LogP contribution in [0, 0.1) is 0 Å². The maximum Gasteiger partial charge on any atom is 0.270 e. The van der Waals surface area contributed by atoms with E-state index < -0.39 is 0 Å². The fraction of sp³-hybridized carbons (Fsp3) is 0.385. The SMILES string of the molecule is COCCOCc1ccc2ccc(CN3CCC(NC(=O)c4cc(Cl)ccn4)CC3)cc2c1. The Labute approximate surface area is 199 Å². The number of fused-ring (bicyclic) bond motifs is 1. The molecule has 33 heavy (non-hydrogen) atoms. The maximum atomic E-state index is 12.4. The number of carbonyl (C=O) groups is 1. The summed E-state index contributed by atoms with van der Waals surface area (Å²) in [5, 5.41) is 6.08. The summed E-state index contributed by atoms with van der Waals surface area (Å²) in [7, 11) is 1.68. The lowest BCUT2D eigenvalue weighted by Gasteiger charge is -2.32. The lowest BCUT2D eigenvalue weighted by molar-refractivity contribution is 0.0617. The van der Waals surface area contributed by atoms with Gasteiger partial charge in [-0.05, 0) is 59.0 Å². The number of carbonyl (C=O) groups excluding carboxylic acids is 1. The van der Waals surface area contributed by atoms with Gasteiger partial charge in [-0.3, -0.25) is 14.7 Å². The van der Waals surface area contributed by atoms with Crippen LogP contribution in [0.2, 0.25) is 5.02 Å². The first-order chi connectivity index (χ1) is 16.1. The van der Waals surface area contributed by atoms with Crippen LogP contribution in [0.15, 0.2) is 54.7 Å². The lowest BCUT2D eigenvalue weighted by Crippen LogP contribution is -2.44. The van der Waals surface area contributed by atoms with E-state index in [0.717, 1.165) is 32.5 Å². The Bertz CT molecular complexity index is 1080. The molecule has 1 fully saturated rings. The van der Waals surface area contributed by atoms with Gasteiger partial charge < -0.3 is 14.8 Å². The number of ether oxygens (including phenoxy) is 2. The summed E-state index contributed by atoms with van der Waals surface area (Å²) in [5.74, 6) is -0.160. The molecule has 2 heterocycles. The molecule has 0 atom stereocenters. The standard InChI is InChI=1S/C26H30ClN3O3/c1-32-12-13-33-18-20-3-5-21-4-2-19(14-22(21)15-20)17-30-10-7-24(8-11-30)29-26(31)25-16-23(27)6-9-28-25/h2-6,9,14-16,24H,7-8,10-13,17-18H2,1H3,(H,29,31). The van der Waals surface area contributed by atoms with Gasteiger partial charge in [-0.15, -0.1) is 0 Å². The van der Waals surface area contributed by atoms with E-state index in [4.69, 9.17) is 21.1 Å². The summed E-state index contributed by atoms with van der Waals surface area (Å²) in [6.07, 6.45) is 3.40. The lowest BCUT2D eigenvalue weighted by atomic mass is 10.0. The van der Waals surface area contributed by atoms with Crippen LogP contribution in [-0.2, 0) is 22.6 Å². The van der Waals surface area contributed by atoms with Crippen molar-refractivity contribution in [2.75, 3.05) is 33.4 Å². The highest BCUT2D eigenvalue weighted by atomic mass is 35.5. The van der Waals surface area contributed by atoms with E-state index in [0.29, 0.717) is 30.5 Å². The minimum Gasteiger partial charge on any atom is -0.382 e. The Morgan fingerprint density at radius 1 is 1.06 bits per heavy atom. The topological polar surface area (TPSA) is 63.7 Å². The molecule has 0 aliphatic carbocycles. The summed E-state index contributed by atoms with van der Waals surface area (Å²) in [5.41, 5.74) is 2.83. The molecule has 1 aromatic heterocycles. The number of pyridine rings is 1. The van der Waals surface area contributed by atoms with Crippen LogP contribution in [-0.4, -0.2) is 55.2 Å². The van der Waals surface area contributed by atoms with E-state index in [2.05, 4.69) is 51.6 Å². The molecule has 0 saturated carbocycles. The smallest absolute Gasteiger partial charge is 0.270 e. The fourth-order valence-electron chi connectivity index (χ4n) is 4.15. The molecule has 1 amide bonds. The maximum absolute atomic E-state index is 12.4. The number of amides is 1. The first-order valence-corrected chi connectivity index (χ1v) is 11.7. The predicted molar refractivity (Wildman–Crippen MR) is 130 cm³/mol. The number of piperidine rings is 1. The van der Waals surface area contributed by atoms with E-state index in [1.54, 1.807) is 25.4 Å². The van der Waals surface area contributed by atoms with Gasteiger partial charge in [0.25, 0.3) is 5.91 Å². The molecule has 0 unspecified atom stereocenters. The number of nitrogens with zero attached hydrogens (tertiary/aromatic N) is 2. The van der Waals surface area contributed by atoms with E-state index in [1.807, 2.05) is 0 Å². The molecule has 1 saturated heterocycles. The average Bonchev–Trinajstić information content (AvgIpc) is 2.83. The number of likely N-dealkylation sites (tertiary alicyclic amines) is 1. The third kappa shape index (κ3) is 6.74. The Hall–Kier alpha value is -2.51. The molecule has 6 nitrogen and oxygen atoms in total. The number of halogens is 1. The number of rotatable bonds is 9. The highest BCUT2D eigenvalue weighted by molar-refractivity contribution is 6.30. The summed E-state index contributed by atoms with van der Waals surface area (Å²) in [6.45, 7) is 4.59. The van der Waals surface area contributed by atoms with E-state index in [1.165, 1.54) is 21.9 Å². The fourth-order valence-corrected chi connectivity index (χ4v) is 4.31. The molecule has 0 bridgehead atoms. The van der Waals surface area contributed by atoms with Crippen molar-refractivity contribution in [3.8, 4) is 0 Å². The van der Waals surface area contributed by atoms with Crippen molar-refractivity contribution >= 4 is 28.3 Å². The zero-order valence-corrected chi connectivity index (χ0v) is 19.7. The largest absolute Gasteiger partial charge is 0.382 e. The normalized spacial score (nSPS) is 15.1. The zero-order valence-electron chi connectivity index (χ0n) is 18.9. The zero-order chi connectivity index (χ0) is 23.0. The number of nitrogens with one attached hydrogen (secondary N) is 1. The monoisotopic (exact) mass is 467 g/mol. The molecule has 174 valence electrons. The molecular weight excluding hydrogens is 438 g/mol. The molecular formula is C26H30ClN3O3. The minimum absolute atomic E-state index is 0.159. The quantitative estimate of drug-likeness (QED) is 0.471. The van der Waals surface area contributed by atoms with E-state index in [-0.39, 0.29) is 11.9 Å². The van der Waals surface area contributed by atoms with E-state index >= 15 is 0 Å². The first kappa shape index (κ1) is 23.6. The van der Waals surface area contributed by atoms with Gasteiger partial charge in [0.05, 0.1) is 19.8 Å². The van der Waals surface area contributed by atoms with Crippen molar-refractivity contribution < 1.29 is 14.3 Å². The van der Waals surface area contributed by atoms with Crippen LogP contribution in [0.25, 0.3) is 10.8 Å². The highest BCUT2D eigenvalue weighted by Gasteiger charge is 2.21. The summed E-state index contributed by atoms with van der Waals surface area (Å²) in [6, 6.07) is 16.6. The van der Waals surface area contributed by atoms with Gasteiger partial charge in [0, 0.05) is 44.0 Å². The Kier molecular flexibility index (Phi) is 8.29. The molecule has 1 N–H and O–H groups in total. The van der Waals surface area contributed by atoms with Crippen LogP contribution in [0.4, 0.5) is 0 Å². The van der Waals surface area contributed by atoms with Crippen LogP contribution in [0.1, 0.15) is 34.5 Å². The van der Waals surface area contributed by atoms with Crippen molar-refractivity contribution in [1.29, 1.82) is 0 Å². The van der Waals surface area contributed by atoms with Gasteiger partial charge in [0.1, 0.15) is 5.69 Å². The Balaban J connectivity index is 1.29. The number of hydrogen-bond acceptors (Lipinski definition) is 5. The molecule has 2 aromatic carbocycles. The van der Waals surface area contributed by atoms with Gasteiger partial charge >= 0.3 is 0 Å². The second-order valence-electron chi connectivity index (χ2n) is 8.44. The third-order valence-corrected chi connectivity index (χ3v) is 6.19. The molecule has 0 radical (unpaired) electrons. The van der Waals surface area contributed by atoms with Crippen LogP contribution in [0.5, 0.6) is 0 Å². The molecule has 7 heteroatoms. The predicted octanol–water partition coefficient (Wildman–Crippen LogP) is 4.45. The van der Waals surface area contributed by atoms with Crippen molar-refractivity contribution in [1.82, 2.24) is 15.2 Å². The highest BCUT2D eigenvalue weighted by Crippen LogP contribution is 2.21. The molecule has 3 aromatic rings. The van der Waals surface area contributed by atoms with E-state index in [9.17, 15) is 4.79 Å². The second-order valence-corrected chi connectivity index (χ2v) is 8.88. The summed E-state index contributed by atoms with van der Waals surface area (Å²) in [4.78, 5) is 19.0. The van der Waals surface area contributed by atoms with Crippen molar-refractivity contribution in [3.63, 3.8) is 0 Å². The van der Waals surface area contributed by atoms with Gasteiger partial charge in [-0.2, -0.15) is 0 Å². The van der Waals surface area contributed by atoms with Crippen LogP contribution in [0.3, 0.4) is 0 Å². The minimum atomic E-state index is -0.160. The number of methoxy groups -OCH3 is 1. The number of aromatic nitrogens is 1. The molecule has 1 aliphatic heterocycles. The Morgan fingerprint density at radius 2 is 1.82 bits per heavy atom. The number of hydrogen-bond donors (Lipinski definition) is 1.